The summed E-state index contributed by atoms with van der Waals surface area (Å²) in [5, 5.41) is 2.65. The Labute approximate surface area is 117 Å². The molecule has 0 aliphatic carbocycles. The minimum absolute atomic E-state index is 0.152. The molecule has 0 saturated carbocycles. The molecule has 104 valence electrons. The standard InChI is InChI=1S/C16H17FN2O/c1-11-7-8-13(9-14(11)17)19-16(20)10-15(18)12-5-3-2-4-6-12/h2-9,15H,10,18H2,1H3,(H,19,20). The largest absolute Gasteiger partial charge is 0.326 e. The van der Waals surface area contributed by atoms with Crippen LogP contribution < -0.4 is 11.1 Å². The third kappa shape index (κ3) is 3.65. The molecule has 1 atom stereocenters. The van der Waals surface area contributed by atoms with Crippen molar-refractivity contribution in [2.75, 3.05) is 5.32 Å². The van der Waals surface area contributed by atoms with Gasteiger partial charge in [-0.15, -0.1) is 0 Å². The minimum atomic E-state index is -0.369. The molecule has 0 bridgehead atoms. The van der Waals surface area contributed by atoms with Gasteiger partial charge in [-0.2, -0.15) is 0 Å². The summed E-state index contributed by atoms with van der Waals surface area (Å²) in [4.78, 5) is 11.9. The number of rotatable bonds is 4. The second kappa shape index (κ2) is 6.30. The Kier molecular flexibility index (Phi) is 4.48. The summed E-state index contributed by atoms with van der Waals surface area (Å²) in [7, 11) is 0. The maximum atomic E-state index is 13.4. The monoisotopic (exact) mass is 272 g/mol. The molecule has 3 nitrogen and oxygen atoms in total. The van der Waals surface area contributed by atoms with Crippen LogP contribution >= 0.6 is 0 Å². The molecule has 1 amide bonds. The maximum absolute atomic E-state index is 13.4. The number of carbonyl (C=O) groups excluding carboxylic acids is 1. The van der Waals surface area contributed by atoms with Crippen molar-refractivity contribution in [3.63, 3.8) is 0 Å². The number of halogens is 1. The van der Waals surface area contributed by atoms with E-state index in [1.165, 1.54) is 6.07 Å². The van der Waals surface area contributed by atoms with Gasteiger partial charge in [0.05, 0.1) is 0 Å². The lowest BCUT2D eigenvalue weighted by Crippen LogP contribution is -2.20. The first-order valence-corrected chi connectivity index (χ1v) is 6.43. The highest BCUT2D eigenvalue weighted by Crippen LogP contribution is 2.17. The lowest BCUT2D eigenvalue weighted by Gasteiger charge is -2.12. The van der Waals surface area contributed by atoms with E-state index in [0.717, 1.165) is 5.56 Å². The first-order valence-electron chi connectivity index (χ1n) is 6.43. The highest BCUT2D eigenvalue weighted by atomic mass is 19.1. The van der Waals surface area contributed by atoms with Gasteiger partial charge in [-0.05, 0) is 30.2 Å². The van der Waals surface area contributed by atoms with E-state index in [9.17, 15) is 9.18 Å². The molecule has 0 radical (unpaired) electrons. The second-order valence-electron chi connectivity index (χ2n) is 4.73. The van der Waals surface area contributed by atoms with Crippen LogP contribution in [0.25, 0.3) is 0 Å². The number of hydrogen-bond donors (Lipinski definition) is 2. The summed E-state index contributed by atoms with van der Waals surface area (Å²) in [5.41, 5.74) is 7.86. The van der Waals surface area contributed by atoms with E-state index in [0.29, 0.717) is 11.3 Å². The summed E-state index contributed by atoms with van der Waals surface area (Å²) in [6.45, 7) is 1.67. The van der Waals surface area contributed by atoms with Crippen molar-refractivity contribution in [3.8, 4) is 0 Å². The first kappa shape index (κ1) is 14.2. The maximum Gasteiger partial charge on any atom is 0.226 e. The molecule has 0 fully saturated rings. The molecular weight excluding hydrogens is 255 g/mol. The molecule has 0 aliphatic heterocycles. The molecule has 2 rings (SSSR count). The van der Waals surface area contributed by atoms with E-state index in [-0.39, 0.29) is 24.2 Å². The Morgan fingerprint density at radius 2 is 1.95 bits per heavy atom. The van der Waals surface area contributed by atoms with Gasteiger partial charge in [0, 0.05) is 18.2 Å². The van der Waals surface area contributed by atoms with Gasteiger partial charge in [-0.1, -0.05) is 36.4 Å². The number of nitrogens with two attached hydrogens (primary N) is 1. The van der Waals surface area contributed by atoms with Crippen molar-refractivity contribution in [1.82, 2.24) is 0 Å². The summed E-state index contributed by atoms with van der Waals surface area (Å²) in [6.07, 6.45) is 0.152. The van der Waals surface area contributed by atoms with Crippen LogP contribution in [-0.4, -0.2) is 5.91 Å². The lowest BCUT2D eigenvalue weighted by atomic mass is 10.0. The summed E-state index contributed by atoms with van der Waals surface area (Å²) in [5.74, 6) is -0.570. The van der Waals surface area contributed by atoms with Gasteiger partial charge in [-0.25, -0.2) is 4.39 Å². The van der Waals surface area contributed by atoms with Gasteiger partial charge in [0.1, 0.15) is 5.82 Å². The van der Waals surface area contributed by atoms with E-state index >= 15 is 0 Å². The Hall–Kier alpha value is -2.20. The van der Waals surface area contributed by atoms with Crippen LogP contribution in [0.2, 0.25) is 0 Å². The van der Waals surface area contributed by atoms with E-state index < -0.39 is 0 Å². The van der Waals surface area contributed by atoms with Gasteiger partial charge in [0.25, 0.3) is 0 Å². The fraction of sp³-hybridized carbons (Fsp3) is 0.188. The quantitative estimate of drug-likeness (QED) is 0.898. The van der Waals surface area contributed by atoms with Crippen molar-refractivity contribution in [2.24, 2.45) is 5.73 Å². The van der Waals surface area contributed by atoms with Crippen molar-refractivity contribution >= 4 is 11.6 Å². The smallest absolute Gasteiger partial charge is 0.226 e. The number of anilines is 1. The van der Waals surface area contributed by atoms with Crippen LogP contribution in [-0.2, 0) is 4.79 Å². The summed E-state index contributed by atoms with van der Waals surface area (Å²) < 4.78 is 13.4. The van der Waals surface area contributed by atoms with Gasteiger partial charge < -0.3 is 11.1 Å². The number of aryl methyl sites for hydroxylation is 1. The zero-order chi connectivity index (χ0) is 14.5. The highest BCUT2D eigenvalue weighted by molar-refractivity contribution is 5.91. The van der Waals surface area contributed by atoms with Crippen LogP contribution in [0.3, 0.4) is 0 Å². The molecule has 4 heteroatoms. The SMILES string of the molecule is Cc1ccc(NC(=O)CC(N)c2ccccc2)cc1F. The van der Waals surface area contributed by atoms with Gasteiger partial charge in [0.2, 0.25) is 5.91 Å². The molecule has 0 aromatic heterocycles. The van der Waals surface area contributed by atoms with Crippen LogP contribution in [0.5, 0.6) is 0 Å². The topological polar surface area (TPSA) is 55.1 Å². The predicted octanol–water partition coefficient (Wildman–Crippen LogP) is 3.16. The van der Waals surface area contributed by atoms with E-state index in [1.54, 1.807) is 19.1 Å². The normalized spacial score (nSPS) is 11.9. The van der Waals surface area contributed by atoms with Gasteiger partial charge in [0.15, 0.2) is 0 Å². The van der Waals surface area contributed by atoms with E-state index in [4.69, 9.17) is 5.73 Å². The average Bonchev–Trinajstić information content (AvgIpc) is 2.44. The number of benzene rings is 2. The predicted molar refractivity (Wildman–Crippen MR) is 77.8 cm³/mol. The molecule has 0 heterocycles. The van der Waals surface area contributed by atoms with Crippen molar-refractivity contribution in [1.29, 1.82) is 0 Å². The molecule has 20 heavy (non-hydrogen) atoms. The third-order valence-electron chi connectivity index (χ3n) is 3.09. The zero-order valence-electron chi connectivity index (χ0n) is 11.3. The zero-order valence-corrected chi connectivity index (χ0v) is 11.3. The van der Waals surface area contributed by atoms with Gasteiger partial charge in [-0.3, -0.25) is 4.79 Å². The fourth-order valence-electron chi connectivity index (χ4n) is 1.90. The van der Waals surface area contributed by atoms with Crippen LogP contribution in [0.1, 0.15) is 23.6 Å². The molecular formula is C16H17FN2O. The highest BCUT2D eigenvalue weighted by Gasteiger charge is 2.12. The van der Waals surface area contributed by atoms with Crippen molar-refractivity contribution < 1.29 is 9.18 Å². The number of amides is 1. The molecule has 0 aliphatic rings. The van der Waals surface area contributed by atoms with Crippen LogP contribution in [0.4, 0.5) is 10.1 Å². The van der Waals surface area contributed by atoms with Crippen molar-refractivity contribution in [2.45, 2.75) is 19.4 Å². The van der Waals surface area contributed by atoms with E-state index in [2.05, 4.69) is 5.32 Å². The summed E-state index contributed by atoms with van der Waals surface area (Å²) >= 11 is 0. The first-order chi connectivity index (χ1) is 9.56. The van der Waals surface area contributed by atoms with Gasteiger partial charge >= 0.3 is 0 Å². The van der Waals surface area contributed by atoms with Crippen LogP contribution in [0.15, 0.2) is 48.5 Å². The number of nitrogens with one attached hydrogen (secondary N) is 1. The average molecular weight is 272 g/mol. The Morgan fingerprint density at radius 1 is 1.25 bits per heavy atom. The van der Waals surface area contributed by atoms with E-state index in [1.807, 2.05) is 30.3 Å². The Balaban J connectivity index is 1.97. The Morgan fingerprint density at radius 3 is 2.60 bits per heavy atom. The molecule has 0 spiro atoms. The molecule has 3 N–H and O–H groups in total. The molecule has 2 aromatic rings. The molecule has 0 saturated heterocycles. The lowest BCUT2D eigenvalue weighted by molar-refractivity contribution is -0.116. The Bertz CT molecular complexity index is 599. The third-order valence-corrected chi connectivity index (χ3v) is 3.09. The molecule has 2 aromatic carbocycles. The van der Waals surface area contributed by atoms with Crippen molar-refractivity contribution in [3.05, 3.63) is 65.5 Å². The van der Waals surface area contributed by atoms with Crippen LogP contribution in [0, 0.1) is 12.7 Å². The second-order valence-corrected chi connectivity index (χ2v) is 4.73. The number of hydrogen-bond acceptors (Lipinski definition) is 2. The summed E-state index contributed by atoms with van der Waals surface area (Å²) in [6, 6.07) is 13.6. The minimum Gasteiger partial charge on any atom is -0.326 e. The fourth-order valence-corrected chi connectivity index (χ4v) is 1.90. The number of carbonyl (C=O) groups is 1. The molecule has 1 unspecified atom stereocenters.